The van der Waals surface area contributed by atoms with Gasteiger partial charge in [0.25, 0.3) is 5.69 Å². The molecule has 144 valence electrons. The predicted molar refractivity (Wildman–Crippen MR) is 103 cm³/mol. The topological polar surface area (TPSA) is 108 Å². The van der Waals surface area contributed by atoms with Gasteiger partial charge in [0.2, 0.25) is 5.89 Å². The molecule has 1 heterocycles. The second-order valence-electron chi connectivity index (χ2n) is 5.86. The Morgan fingerprint density at radius 2 is 2.00 bits per heavy atom. The van der Waals surface area contributed by atoms with E-state index in [1.807, 2.05) is 19.1 Å². The van der Waals surface area contributed by atoms with Crippen molar-refractivity contribution in [2.75, 3.05) is 12.4 Å². The Kier molecular flexibility index (Phi) is 5.60. The summed E-state index contributed by atoms with van der Waals surface area (Å²) in [4.78, 5) is 26.6. The number of methoxy groups -OCH3 is 1. The second-order valence-corrected chi connectivity index (χ2v) is 6.30. The monoisotopic (exact) mass is 401 g/mol. The van der Waals surface area contributed by atoms with Gasteiger partial charge in [0, 0.05) is 22.3 Å². The zero-order chi connectivity index (χ0) is 20.3. The third-order valence-corrected chi connectivity index (χ3v) is 4.24. The molecule has 0 atom stereocenters. The second kappa shape index (κ2) is 8.10. The van der Waals surface area contributed by atoms with Crippen LogP contribution in [0.1, 0.15) is 21.9 Å². The minimum atomic E-state index is -0.785. The molecule has 0 aliphatic heterocycles. The third-order valence-electron chi connectivity index (χ3n) is 3.99. The van der Waals surface area contributed by atoms with Crippen molar-refractivity contribution in [3.8, 4) is 11.3 Å². The van der Waals surface area contributed by atoms with E-state index in [9.17, 15) is 14.9 Å². The SMILES string of the molecule is COC(=O)c1cc(NCc2nc(C)c(-c3ccc(Cl)cc3)o2)ccc1[N+](=O)[O-]. The molecule has 9 heteroatoms. The molecule has 0 radical (unpaired) electrons. The van der Waals surface area contributed by atoms with Crippen molar-refractivity contribution >= 4 is 28.9 Å². The Bertz CT molecular complexity index is 1030. The number of carbonyl (C=O) groups is 1. The van der Waals surface area contributed by atoms with Crippen LogP contribution in [0.5, 0.6) is 0 Å². The number of hydrogen-bond donors (Lipinski definition) is 1. The average Bonchev–Trinajstić information content (AvgIpc) is 3.06. The van der Waals surface area contributed by atoms with Gasteiger partial charge in [0.15, 0.2) is 5.76 Å². The first-order valence-electron chi connectivity index (χ1n) is 8.22. The summed E-state index contributed by atoms with van der Waals surface area (Å²) in [6.07, 6.45) is 0. The highest BCUT2D eigenvalue weighted by Gasteiger charge is 2.21. The van der Waals surface area contributed by atoms with E-state index in [-0.39, 0.29) is 17.8 Å². The highest BCUT2D eigenvalue weighted by atomic mass is 35.5. The summed E-state index contributed by atoms with van der Waals surface area (Å²) in [6.45, 7) is 2.06. The highest BCUT2D eigenvalue weighted by Crippen LogP contribution is 2.27. The van der Waals surface area contributed by atoms with Gasteiger partial charge in [-0.2, -0.15) is 0 Å². The maximum absolute atomic E-state index is 11.8. The molecule has 0 saturated heterocycles. The Morgan fingerprint density at radius 1 is 1.29 bits per heavy atom. The van der Waals surface area contributed by atoms with Crippen LogP contribution in [0.3, 0.4) is 0 Å². The molecule has 28 heavy (non-hydrogen) atoms. The lowest BCUT2D eigenvalue weighted by atomic mass is 10.1. The number of ether oxygens (including phenoxy) is 1. The first-order chi connectivity index (χ1) is 13.4. The molecule has 8 nitrogen and oxygen atoms in total. The van der Waals surface area contributed by atoms with Crippen LogP contribution in [0.25, 0.3) is 11.3 Å². The third kappa shape index (κ3) is 4.12. The molecular weight excluding hydrogens is 386 g/mol. The zero-order valence-electron chi connectivity index (χ0n) is 15.1. The Balaban J connectivity index is 1.79. The van der Waals surface area contributed by atoms with Crippen molar-refractivity contribution in [3.63, 3.8) is 0 Å². The van der Waals surface area contributed by atoms with Gasteiger partial charge in [0.05, 0.1) is 24.3 Å². The zero-order valence-corrected chi connectivity index (χ0v) is 15.8. The first kappa shape index (κ1) is 19.4. The maximum atomic E-state index is 11.8. The largest absolute Gasteiger partial charge is 0.465 e. The van der Waals surface area contributed by atoms with Gasteiger partial charge < -0.3 is 14.5 Å². The lowest BCUT2D eigenvalue weighted by Crippen LogP contribution is -2.07. The molecule has 3 rings (SSSR count). The van der Waals surface area contributed by atoms with Crippen LogP contribution in [0.4, 0.5) is 11.4 Å². The van der Waals surface area contributed by atoms with E-state index in [2.05, 4.69) is 15.0 Å². The van der Waals surface area contributed by atoms with Crippen molar-refractivity contribution < 1.29 is 18.9 Å². The van der Waals surface area contributed by atoms with Crippen LogP contribution >= 0.6 is 11.6 Å². The van der Waals surface area contributed by atoms with Gasteiger partial charge in [-0.1, -0.05) is 11.6 Å². The molecule has 3 aromatic rings. The number of hydrogen-bond acceptors (Lipinski definition) is 7. The number of carbonyl (C=O) groups excluding carboxylic acids is 1. The number of nitrogens with one attached hydrogen (secondary N) is 1. The fraction of sp³-hybridized carbons (Fsp3) is 0.158. The molecule has 0 bridgehead atoms. The van der Waals surface area contributed by atoms with Crippen molar-refractivity contribution in [3.05, 3.63) is 74.7 Å². The van der Waals surface area contributed by atoms with Crippen molar-refractivity contribution in [2.24, 2.45) is 0 Å². The number of aryl methyl sites for hydroxylation is 1. The molecule has 0 saturated carbocycles. The van der Waals surface area contributed by atoms with E-state index in [4.69, 9.17) is 16.0 Å². The van der Waals surface area contributed by atoms with E-state index in [1.165, 1.54) is 25.3 Å². The summed E-state index contributed by atoms with van der Waals surface area (Å²) in [5.41, 5.74) is 1.61. The number of nitro groups is 1. The predicted octanol–water partition coefficient (Wildman–Crippen LogP) is 4.61. The number of oxazole rings is 1. The van der Waals surface area contributed by atoms with Crippen LogP contribution in [0, 0.1) is 17.0 Å². The first-order valence-corrected chi connectivity index (χ1v) is 8.59. The number of halogens is 1. The molecule has 0 unspecified atom stereocenters. The van der Waals surface area contributed by atoms with Crippen molar-refractivity contribution in [1.82, 2.24) is 4.98 Å². The normalized spacial score (nSPS) is 10.5. The van der Waals surface area contributed by atoms with E-state index in [0.717, 1.165) is 11.3 Å². The highest BCUT2D eigenvalue weighted by molar-refractivity contribution is 6.30. The summed E-state index contributed by atoms with van der Waals surface area (Å²) >= 11 is 5.91. The van der Waals surface area contributed by atoms with Gasteiger partial charge in [-0.05, 0) is 43.3 Å². The number of anilines is 1. The summed E-state index contributed by atoms with van der Waals surface area (Å²) in [5, 5.41) is 14.7. The van der Waals surface area contributed by atoms with Crippen LogP contribution in [-0.4, -0.2) is 23.0 Å². The van der Waals surface area contributed by atoms with Crippen molar-refractivity contribution in [1.29, 1.82) is 0 Å². The summed E-state index contributed by atoms with van der Waals surface area (Å²) in [5.74, 6) is 0.278. The number of esters is 1. The fourth-order valence-electron chi connectivity index (χ4n) is 2.65. The average molecular weight is 402 g/mol. The lowest BCUT2D eigenvalue weighted by Gasteiger charge is -2.06. The summed E-state index contributed by atoms with van der Waals surface area (Å²) in [6, 6.07) is 11.3. The Hall–Kier alpha value is -3.39. The molecule has 0 spiro atoms. The quantitative estimate of drug-likeness (QED) is 0.365. The van der Waals surface area contributed by atoms with Crippen LogP contribution < -0.4 is 5.32 Å². The van der Waals surface area contributed by atoms with E-state index < -0.39 is 10.9 Å². The minimum absolute atomic E-state index is 0.136. The summed E-state index contributed by atoms with van der Waals surface area (Å²) in [7, 11) is 1.17. The van der Waals surface area contributed by atoms with E-state index in [0.29, 0.717) is 22.4 Å². The molecule has 0 fully saturated rings. The molecule has 1 N–H and O–H groups in total. The molecule has 1 aromatic heterocycles. The number of benzene rings is 2. The van der Waals surface area contributed by atoms with Gasteiger partial charge in [0.1, 0.15) is 5.56 Å². The Labute approximate surface area is 165 Å². The Morgan fingerprint density at radius 3 is 2.64 bits per heavy atom. The summed E-state index contributed by atoms with van der Waals surface area (Å²) < 4.78 is 10.4. The van der Waals surface area contributed by atoms with Gasteiger partial charge in [-0.3, -0.25) is 10.1 Å². The van der Waals surface area contributed by atoms with Crippen LogP contribution in [-0.2, 0) is 11.3 Å². The van der Waals surface area contributed by atoms with Gasteiger partial charge in [-0.25, -0.2) is 9.78 Å². The molecule has 0 aliphatic carbocycles. The fourth-order valence-corrected chi connectivity index (χ4v) is 2.78. The molecular formula is C19H16ClN3O5. The van der Waals surface area contributed by atoms with Crippen LogP contribution in [0.15, 0.2) is 46.9 Å². The van der Waals surface area contributed by atoms with Crippen molar-refractivity contribution in [2.45, 2.75) is 13.5 Å². The van der Waals surface area contributed by atoms with E-state index >= 15 is 0 Å². The standard InChI is InChI=1S/C19H16ClN3O5/c1-11-18(12-3-5-13(20)6-4-12)28-17(22-11)10-21-14-7-8-16(23(25)26)15(9-14)19(24)27-2/h3-9,21H,10H2,1-2H3. The molecule has 2 aromatic carbocycles. The van der Waals surface area contributed by atoms with Crippen LogP contribution in [0.2, 0.25) is 5.02 Å². The van der Waals surface area contributed by atoms with E-state index in [1.54, 1.807) is 12.1 Å². The molecule has 0 amide bonds. The number of nitrogens with zero attached hydrogens (tertiary/aromatic N) is 2. The van der Waals surface area contributed by atoms with Gasteiger partial charge >= 0.3 is 5.97 Å². The minimum Gasteiger partial charge on any atom is -0.465 e. The number of aromatic nitrogens is 1. The smallest absolute Gasteiger partial charge is 0.344 e. The molecule has 0 aliphatic rings. The number of nitro benzene ring substituents is 1. The van der Waals surface area contributed by atoms with Gasteiger partial charge in [-0.15, -0.1) is 0 Å². The maximum Gasteiger partial charge on any atom is 0.344 e. The lowest BCUT2D eigenvalue weighted by molar-refractivity contribution is -0.385. The number of rotatable bonds is 6.